The Balaban J connectivity index is 1.93. The highest BCUT2D eigenvalue weighted by atomic mass is 15.1. The molecule has 0 spiro atoms. The van der Waals surface area contributed by atoms with Crippen LogP contribution < -0.4 is 5.32 Å². The van der Waals surface area contributed by atoms with E-state index in [0.717, 1.165) is 13.0 Å². The summed E-state index contributed by atoms with van der Waals surface area (Å²) in [6, 6.07) is 8.98. The van der Waals surface area contributed by atoms with Crippen molar-refractivity contribution in [3.8, 4) is 12.3 Å². The Hall–Kier alpha value is -1.46. The molecular formula is C13H16N2. The highest BCUT2D eigenvalue weighted by Gasteiger charge is 2.20. The van der Waals surface area contributed by atoms with Crippen molar-refractivity contribution in [2.24, 2.45) is 0 Å². The van der Waals surface area contributed by atoms with Crippen molar-refractivity contribution >= 4 is 5.69 Å². The summed E-state index contributed by atoms with van der Waals surface area (Å²) >= 11 is 0. The molecule has 1 aliphatic rings. The summed E-state index contributed by atoms with van der Waals surface area (Å²) in [4.78, 5) is 2.17. The predicted octanol–water partition coefficient (Wildman–Crippen LogP) is 1.59. The Morgan fingerprint density at radius 3 is 3.07 bits per heavy atom. The molecule has 0 saturated heterocycles. The molecule has 2 heteroatoms. The van der Waals surface area contributed by atoms with E-state index in [4.69, 9.17) is 6.42 Å². The maximum Gasteiger partial charge on any atom is 0.0597 e. The van der Waals surface area contributed by atoms with Crippen LogP contribution in [0.3, 0.4) is 0 Å². The molecule has 1 aliphatic heterocycles. The molecule has 1 aromatic carbocycles. The molecular weight excluding hydrogens is 184 g/mol. The van der Waals surface area contributed by atoms with E-state index >= 15 is 0 Å². The van der Waals surface area contributed by atoms with Gasteiger partial charge in [-0.15, -0.1) is 6.42 Å². The van der Waals surface area contributed by atoms with Gasteiger partial charge in [0.15, 0.2) is 0 Å². The number of nitrogens with one attached hydrogen (secondary N) is 1. The number of hydrogen-bond donors (Lipinski definition) is 1. The van der Waals surface area contributed by atoms with Crippen molar-refractivity contribution in [2.75, 3.05) is 25.5 Å². The smallest absolute Gasteiger partial charge is 0.0597 e. The van der Waals surface area contributed by atoms with Crippen LogP contribution in [-0.4, -0.2) is 31.1 Å². The topological polar surface area (TPSA) is 15.3 Å². The SMILES string of the molecule is C#CCN(C)CC1Cc2ccccc2N1. The van der Waals surface area contributed by atoms with Gasteiger partial charge in [-0.05, 0) is 25.1 Å². The van der Waals surface area contributed by atoms with Gasteiger partial charge in [-0.2, -0.15) is 0 Å². The minimum atomic E-state index is 0.501. The lowest BCUT2D eigenvalue weighted by atomic mass is 10.1. The van der Waals surface area contributed by atoms with Gasteiger partial charge < -0.3 is 5.32 Å². The highest BCUT2D eigenvalue weighted by Crippen LogP contribution is 2.25. The normalized spacial score (nSPS) is 18.3. The van der Waals surface area contributed by atoms with Crippen LogP contribution in [0.25, 0.3) is 0 Å². The van der Waals surface area contributed by atoms with Crippen LogP contribution in [0.5, 0.6) is 0 Å². The molecule has 1 aromatic rings. The number of benzene rings is 1. The van der Waals surface area contributed by atoms with E-state index in [1.807, 2.05) is 0 Å². The van der Waals surface area contributed by atoms with Gasteiger partial charge in [0.1, 0.15) is 0 Å². The average Bonchev–Trinajstić information content (AvgIpc) is 2.59. The molecule has 2 rings (SSSR count). The van der Waals surface area contributed by atoms with Crippen LogP contribution in [0.1, 0.15) is 5.56 Å². The molecule has 0 radical (unpaired) electrons. The minimum Gasteiger partial charge on any atom is -0.380 e. The zero-order chi connectivity index (χ0) is 10.7. The molecule has 1 heterocycles. The Morgan fingerprint density at radius 1 is 1.53 bits per heavy atom. The molecule has 0 aliphatic carbocycles. The molecule has 78 valence electrons. The first kappa shape index (κ1) is 10.1. The third-order valence-corrected chi connectivity index (χ3v) is 2.74. The summed E-state index contributed by atoms with van der Waals surface area (Å²) in [6.45, 7) is 1.72. The molecule has 1 N–H and O–H groups in total. The molecule has 0 aromatic heterocycles. The first-order valence-corrected chi connectivity index (χ1v) is 5.26. The van der Waals surface area contributed by atoms with Gasteiger partial charge in [0.05, 0.1) is 6.54 Å². The average molecular weight is 200 g/mol. The van der Waals surface area contributed by atoms with Gasteiger partial charge >= 0.3 is 0 Å². The van der Waals surface area contributed by atoms with Gasteiger partial charge in [0.2, 0.25) is 0 Å². The summed E-state index contributed by atoms with van der Waals surface area (Å²) < 4.78 is 0. The number of hydrogen-bond acceptors (Lipinski definition) is 2. The summed E-state index contributed by atoms with van der Waals surface area (Å²) in [7, 11) is 2.06. The van der Waals surface area contributed by atoms with Crippen molar-refractivity contribution in [1.29, 1.82) is 0 Å². The second-order valence-corrected chi connectivity index (χ2v) is 4.10. The van der Waals surface area contributed by atoms with Crippen LogP contribution >= 0.6 is 0 Å². The zero-order valence-corrected chi connectivity index (χ0v) is 9.03. The predicted molar refractivity (Wildman–Crippen MR) is 63.9 cm³/mol. The quantitative estimate of drug-likeness (QED) is 0.745. The molecule has 15 heavy (non-hydrogen) atoms. The van der Waals surface area contributed by atoms with Crippen molar-refractivity contribution in [3.63, 3.8) is 0 Å². The molecule has 1 unspecified atom stereocenters. The lowest BCUT2D eigenvalue weighted by Crippen LogP contribution is -2.33. The number of likely N-dealkylation sites (N-methyl/N-ethyl adjacent to an activating group) is 1. The second-order valence-electron chi connectivity index (χ2n) is 4.10. The van der Waals surface area contributed by atoms with Crippen LogP contribution in [-0.2, 0) is 6.42 Å². The van der Waals surface area contributed by atoms with Gasteiger partial charge in [-0.25, -0.2) is 0 Å². The third-order valence-electron chi connectivity index (χ3n) is 2.74. The Morgan fingerprint density at radius 2 is 2.33 bits per heavy atom. The monoisotopic (exact) mass is 200 g/mol. The fourth-order valence-electron chi connectivity index (χ4n) is 2.08. The lowest BCUT2D eigenvalue weighted by molar-refractivity contribution is 0.357. The number of para-hydroxylation sites is 1. The number of rotatable bonds is 3. The molecule has 0 bridgehead atoms. The Labute approximate surface area is 91.3 Å². The van der Waals surface area contributed by atoms with Crippen molar-refractivity contribution < 1.29 is 0 Å². The third kappa shape index (κ3) is 2.31. The van der Waals surface area contributed by atoms with Gasteiger partial charge in [0.25, 0.3) is 0 Å². The second kappa shape index (κ2) is 4.37. The van der Waals surface area contributed by atoms with E-state index in [-0.39, 0.29) is 0 Å². The fourth-order valence-corrected chi connectivity index (χ4v) is 2.08. The largest absolute Gasteiger partial charge is 0.380 e. The number of fused-ring (bicyclic) bond motifs is 1. The number of anilines is 1. The standard InChI is InChI=1S/C13H16N2/c1-3-8-15(2)10-12-9-11-6-4-5-7-13(11)14-12/h1,4-7,12,14H,8-10H2,2H3. The van der Waals surface area contributed by atoms with Crippen LogP contribution in [0.15, 0.2) is 24.3 Å². The molecule has 0 saturated carbocycles. The maximum atomic E-state index is 5.28. The van der Waals surface area contributed by atoms with Crippen LogP contribution in [0.2, 0.25) is 0 Å². The van der Waals surface area contributed by atoms with Gasteiger partial charge in [-0.1, -0.05) is 24.1 Å². The van der Waals surface area contributed by atoms with Crippen molar-refractivity contribution in [3.05, 3.63) is 29.8 Å². The maximum absolute atomic E-state index is 5.28. The van der Waals surface area contributed by atoms with Crippen molar-refractivity contribution in [1.82, 2.24) is 4.90 Å². The van der Waals surface area contributed by atoms with Gasteiger partial charge in [0, 0.05) is 18.3 Å². The number of nitrogens with zero attached hydrogens (tertiary/aromatic N) is 1. The zero-order valence-electron chi connectivity index (χ0n) is 9.03. The first-order chi connectivity index (χ1) is 7.29. The number of terminal acetylenes is 1. The molecule has 0 fully saturated rings. The van der Waals surface area contributed by atoms with E-state index in [0.29, 0.717) is 12.6 Å². The summed E-state index contributed by atoms with van der Waals surface area (Å²) in [6.07, 6.45) is 6.38. The van der Waals surface area contributed by atoms with Gasteiger partial charge in [-0.3, -0.25) is 4.90 Å². The summed E-state index contributed by atoms with van der Waals surface area (Å²) in [5, 5.41) is 3.51. The minimum absolute atomic E-state index is 0.501. The van der Waals surface area contributed by atoms with E-state index in [1.54, 1.807) is 0 Å². The molecule has 2 nitrogen and oxygen atoms in total. The van der Waals surface area contributed by atoms with Crippen molar-refractivity contribution in [2.45, 2.75) is 12.5 Å². The molecule has 0 amide bonds. The van der Waals surface area contributed by atoms with E-state index in [9.17, 15) is 0 Å². The summed E-state index contributed by atoms with van der Waals surface area (Å²) in [5.74, 6) is 2.66. The molecule has 1 atom stereocenters. The van der Waals surface area contributed by atoms with Crippen LogP contribution in [0.4, 0.5) is 5.69 Å². The van der Waals surface area contributed by atoms with Crippen LogP contribution in [0, 0.1) is 12.3 Å². The summed E-state index contributed by atoms with van der Waals surface area (Å²) in [5.41, 5.74) is 2.69. The van der Waals surface area contributed by atoms with E-state index < -0.39 is 0 Å². The fraction of sp³-hybridized carbons (Fsp3) is 0.385. The lowest BCUT2D eigenvalue weighted by Gasteiger charge is -2.18. The Kier molecular flexibility index (Phi) is 2.94. The first-order valence-electron chi connectivity index (χ1n) is 5.26. The van der Waals surface area contributed by atoms with E-state index in [1.165, 1.54) is 11.3 Å². The highest BCUT2D eigenvalue weighted by molar-refractivity contribution is 5.56. The van der Waals surface area contributed by atoms with E-state index in [2.05, 4.69) is 47.5 Å². The Bertz CT molecular complexity index is 353.